The van der Waals surface area contributed by atoms with E-state index in [4.69, 9.17) is 9.57 Å². The van der Waals surface area contributed by atoms with Crippen LogP contribution in [0.2, 0.25) is 0 Å². The van der Waals surface area contributed by atoms with E-state index >= 15 is 4.39 Å². The van der Waals surface area contributed by atoms with Crippen LogP contribution in [0, 0.1) is 5.82 Å². The number of hydrogen-bond acceptors (Lipinski definition) is 7. The highest BCUT2D eigenvalue weighted by Gasteiger charge is 2.32. The van der Waals surface area contributed by atoms with Crippen molar-refractivity contribution in [3.63, 3.8) is 0 Å². The summed E-state index contributed by atoms with van der Waals surface area (Å²) in [6.07, 6.45) is 2.84. The number of rotatable bonds is 7. The van der Waals surface area contributed by atoms with Crippen molar-refractivity contribution in [1.82, 2.24) is 20.3 Å². The third-order valence-corrected chi connectivity index (χ3v) is 5.84. The van der Waals surface area contributed by atoms with Gasteiger partial charge in [0, 0.05) is 25.1 Å². The lowest BCUT2D eigenvalue weighted by atomic mass is 9.99. The summed E-state index contributed by atoms with van der Waals surface area (Å²) in [7, 11) is 0. The van der Waals surface area contributed by atoms with E-state index in [9.17, 15) is 9.59 Å². The Hall–Kier alpha value is -4.28. The van der Waals surface area contributed by atoms with Crippen molar-refractivity contribution in [2.75, 3.05) is 18.0 Å². The van der Waals surface area contributed by atoms with Gasteiger partial charge < -0.3 is 14.9 Å². The number of hydrogen-bond donors (Lipinski definition) is 1. The fourth-order valence-electron chi connectivity index (χ4n) is 4.08. The van der Waals surface area contributed by atoms with Gasteiger partial charge in [-0.3, -0.25) is 9.69 Å². The second kappa shape index (κ2) is 9.53. The molecule has 1 fully saturated rings. The second-order valence-corrected chi connectivity index (χ2v) is 8.39. The topological polar surface area (TPSA) is 111 Å². The zero-order valence-electron chi connectivity index (χ0n) is 18.9. The molecule has 0 radical (unpaired) electrons. The van der Waals surface area contributed by atoms with Crippen LogP contribution in [0.5, 0.6) is 0 Å². The number of nitrogens with one attached hydrogen (secondary N) is 1. The van der Waals surface area contributed by atoms with Gasteiger partial charge in [-0.25, -0.2) is 13.9 Å². The molecular formula is C24H23FN6O4. The summed E-state index contributed by atoms with van der Waals surface area (Å²) >= 11 is 0. The van der Waals surface area contributed by atoms with Crippen LogP contribution in [-0.2, 0) is 20.9 Å². The number of aromatic nitrogens is 3. The highest BCUT2D eigenvalue weighted by molar-refractivity contribution is 6.01. The molecule has 35 heavy (non-hydrogen) atoms. The fourth-order valence-corrected chi connectivity index (χ4v) is 4.08. The Morgan fingerprint density at radius 3 is 2.69 bits per heavy atom. The molecule has 2 atom stereocenters. The summed E-state index contributed by atoms with van der Waals surface area (Å²) in [5.74, 6) is -0.664. The molecule has 10 nitrogen and oxygen atoms in total. The highest BCUT2D eigenvalue weighted by Crippen LogP contribution is 2.30. The second-order valence-electron chi connectivity index (χ2n) is 8.39. The first-order valence-corrected chi connectivity index (χ1v) is 11.2. The molecule has 0 spiro atoms. The third kappa shape index (κ3) is 4.98. The molecule has 3 heterocycles. The molecule has 2 aliphatic rings. The first-order chi connectivity index (χ1) is 17.0. The van der Waals surface area contributed by atoms with Crippen molar-refractivity contribution in [3.8, 4) is 11.1 Å². The Bertz CT molecular complexity index is 1260. The van der Waals surface area contributed by atoms with E-state index in [1.165, 1.54) is 17.9 Å². The molecule has 1 N–H and O–H groups in total. The number of halogens is 1. The van der Waals surface area contributed by atoms with Crippen LogP contribution >= 0.6 is 0 Å². The maximum Gasteiger partial charge on any atom is 0.414 e. The van der Waals surface area contributed by atoms with E-state index in [0.717, 1.165) is 11.3 Å². The van der Waals surface area contributed by atoms with Crippen LogP contribution in [0.25, 0.3) is 11.1 Å². The van der Waals surface area contributed by atoms with Gasteiger partial charge >= 0.3 is 6.09 Å². The number of ether oxygens (including phenoxy) is 1. The van der Waals surface area contributed by atoms with Gasteiger partial charge in [0.2, 0.25) is 5.91 Å². The van der Waals surface area contributed by atoms with E-state index in [1.807, 2.05) is 24.3 Å². The lowest BCUT2D eigenvalue weighted by Crippen LogP contribution is -2.33. The molecule has 11 heteroatoms. The van der Waals surface area contributed by atoms with Gasteiger partial charge in [0.05, 0.1) is 37.2 Å². The van der Waals surface area contributed by atoms with Crippen LogP contribution in [0.4, 0.5) is 14.9 Å². The Labute approximate surface area is 200 Å². The van der Waals surface area contributed by atoms with Crippen molar-refractivity contribution in [2.45, 2.75) is 32.1 Å². The summed E-state index contributed by atoms with van der Waals surface area (Å²) in [5.41, 5.74) is 3.23. The number of nitrogens with zero attached hydrogens (tertiary/aromatic N) is 5. The zero-order valence-corrected chi connectivity index (χ0v) is 18.9. The van der Waals surface area contributed by atoms with Crippen LogP contribution < -0.4 is 10.2 Å². The maximum atomic E-state index is 15.0. The first kappa shape index (κ1) is 22.5. The van der Waals surface area contributed by atoms with Gasteiger partial charge in [-0.1, -0.05) is 34.6 Å². The molecule has 180 valence electrons. The number of anilines is 1. The Morgan fingerprint density at radius 2 is 1.97 bits per heavy atom. The molecule has 2 aliphatic heterocycles. The minimum Gasteiger partial charge on any atom is -0.442 e. The van der Waals surface area contributed by atoms with E-state index in [2.05, 4.69) is 20.8 Å². The monoisotopic (exact) mass is 478 g/mol. The summed E-state index contributed by atoms with van der Waals surface area (Å²) in [6, 6.07) is 12.0. The number of carbonyl (C=O) groups excluding carboxylic acids is 2. The van der Waals surface area contributed by atoms with Crippen molar-refractivity contribution < 1.29 is 23.6 Å². The largest absolute Gasteiger partial charge is 0.442 e. The van der Waals surface area contributed by atoms with Crippen molar-refractivity contribution in [2.24, 2.45) is 5.16 Å². The smallest absolute Gasteiger partial charge is 0.414 e. The van der Waals surface area contributed by atoms with Gasteiger partial charge in [-0.15, -0.1) is 5.10 Å². The number of cyclic esters (lactones) is 1. The zero-order chi connectivity index (χ0) is 24.4. The number of carbonyl (C=O) groups is 2. The third-order valence-electron chi connectivity index (χ3n) is 5.84. The van der Waals surface area contributed by atoms with E-state index in [1.54, 1.807) is 29.2 Å². The average molecular weight is 478 g/mol. The minimum absolute atomic E-state index is 0.119. The molecule has 0 saturated carbocycles. The van der Waals surface area contributed by atoms with Crippen LogP contribution in [0.15, 0.2) is 60.0 Å². The predicted octanol–water partition coefficient (Wildman–Crippen LogP) is 2.74. The van der Waals surface area contributed by atoms with E-state index < -0.39 is 18.0 Å². The van der Waals surface area contributed by atoms with Crippen LogP contribution in [0.3, 0.4) is 0 Å². The molecule has 2 aromatic carbocycles. The predicted molar refractivity (Wildman–Crippen MR) is 124 cm³/mol. The SMILES string of the molecule is CC(=O)NC[C@H]1CN(c2ccc(-c3ccc(C4=NOC(Cn5ccnn5)C4)cc3)c(F)c2)C(=O)O1. The van der Waals surface area contributed by atoms with Crippen molar-refractivity contribution in [1.29, 1.82) is 0 Å². The average Bonchev–Trinajstić information content (AvgIpc) is 3.60. The normalized spacial score (nSPS) is 19.3. The molecule has 1 unspecified atom stereocenters. The Morgan fingerprint density at radius 1 is 1.17 bits per heavy atom. The van der Waals surface area contributed by atoms with Crippen molar-refractivity contribution >= 4 is 23.4 Å². The maximum absolute atomic E-state index is 15.0. The standard InChI is InChI=1S/C24H23FN6O4/c1-15(32)26-12-20-14-31(24(33)34-20)18-6-7-21(22(25)10-18)16-2-4-17(5-3-16)23-11-19(35-28-23)13-30-9-8-27-29-30/h2-10,19-20H,11-14H2,1H3,(H,26,32)/t19?,20-/m0/s1. The quantitative estimate of drug-likeness (QED) is 0.559. The van der Waals surface area contributed by atoms with Gasteiger partial charge in [0.1, 0.15) is 11.9 Å². The van der Waals surface area contributed by atoms with Crippen LogP contribution in [-0.4, -0.2) is 58.0 Å². The summed E-state index contributed by atoms with van der Waals surface area (Å²) in [4.78, 5) is 30.2. The molecule has 1 saturated heterocycles. The molecule has 5 rings (SSSR count). The highest BCUT2D eigenvalue weighted by atomic mass is 19.1. The summed E-state index contributed by atoms with van der Waals surface area (Å²) in [6.45, 7) is 2.39. The molecule has 2 amide bonds. The lowest BCUT2D eigenvalue weighted by Gasteiger charge is -2.14. The van der Waals surface area contributed by atoms with Gasteiger partial charge in [-0.05, 0) is 29.3 Å². The van der Waals surface area contributed by atoms with Gasteiger partial charge in [0.25, 0.3) is 0 Å². The van der Waals surface area contributed by atoms with E-state index in [-0.39, 0.29) is 25.1 Å². The van der Waals surface area contributed by atoms with Crippen LogP contribution in [0.1, 0.15) is 18.9 Å². The Balaban J connectivity index is 1.24. The summed E-state index contributed by atoms with van der Waals surface area (Å²) in [5, 5.41) is 14.5. The first-order valence-electron chi connectivity index (χ1n) is 11.2. The molecule has 0 bridgehead atoms. The lowest BCUT2D eigenvalue weighted by molar-refractivity contribution is -0.119. The number of amides is 2. The molecule has 3 aromatic rings. The number of oxime groups is 1. The Kier molecular flexibility index (Phi) is 6.13. The van der Waals surface area contributed by atoms with E-state index in [0.29, 0.717) is 29.8 Å². The molecule has 1 aromatic heterocycles. The van der Waals surface area contributed by atoms with Gasteiger partial charge in [-0.2, -0.15) is 0 Å². The number of benzene rings is 2. The minimum atomic E-state index is -0.571. The molecular weight excluding hydrogens is 455 g/mol. The molecule has 0 aliphatic carbocycles. The van der Waals surface area contributed by atoms with Gasteiger partial charge in [0.15, 0.2) is 6.10 Å². The summed E-state index contributed by atoms with van der Waals surface area (Å²) < 4.78 is 22.0. The van der Waals surface area contributed by atoms with Crippen molar-refractivity contribution in [3.05, 3.63) is 66.2 Å². The fraction of sp³-hybridized carbons (Fsp3) is 0.292.